The number of aromatic nitrogens is 2. The minimum Gasteiger partial charge on any atom is -0.507 e. The van der Waals surface area contributed by atoms with Crippen LogP contribution in [-0.4, -0.2) is 27.0 Å². The Kier molecular flexibility index (Phi) is 4.59. The van der Waals surface area contributed by atoms with E-state index in [1.54, 1.807) is 30.3 Å². The van der Waals surface area contributed by atoms with E-state index in [9.17, 15) is 14.7 Å². The molecule has 6 nitrogen and oxygen atoms in total. The second-order valence-electron chi connectivity index (χ2n) is 5.81. The van der Waals surface area contributed by atoms with Gasteiger partial charge in [0.2, 0.25) is 5.13 Å². The number of amides is 1. The van der Waals surface area contributed by atoms with Crippen molar-refractivity contribution in [2.45, 2.75) is 6.04 Å². The molecule has 1 N–H and O–H groups in total. The second-order valence-corrected chi connectivity index (χ2v) is 7.54. The monoisotopic (exact) mass is 441 g/mol. The van der Waals surface area contributed by atoms with Crippen LogP contribution in [0.2, 0.25) is 0 Å². The van der Waals surface area contributed by atoms with E-state index < -0.39 is 17.7 Å². The van der Waals surface area contributed by atoms with E-state index >= 15 is 0 Å². The fraction of sp³-hybridized carbons (Fsp3) is 0.0526. The number of ketones is 1. The molecule has 3 aromatic rings. The van der Waals surface area contributed by atoms with Crippen LogP contribution < -0.4 is 4.90 Å². The third-order valence-electron chi connectivity index (χ3n) is 4.21. The predicted molar refractivity (Wildman–Crippen MR) is 105 cm³/mol. The van der Waals surface area contributed by atoms with E-state index in [-0.39, 0.29) is 11.3 Å². The number of anilines is 1. The summed E-state index contributed by atoms with van der Waals surface area (Å²) in [5, 5.41) is 18.9. The Balaban J connectivity index is 1.96. The van der Waals surface area contributed by atoms with E-state index in [2.05, 4.69) is 26.1 Å². The lowest BCUT2D eigenvalue weighted by molar-refractivity contribution is -0.132. The molecule has 0 spiro atoms. The van der Waals surface area contributed by atoms with Gasteiger partial charge in [0.05, 0.1) is 11.6 Å². The van der Waals surface area contributed by atoms with Gasteiger partial charge in [-0.25, -0.2) is 0 Å². The molecular weight excluding hydrogens is 430 g/mol. The third kappa shape index (κ3) is 3.07. The van der Waals surface area contributed by atoms with Crippen molar-refractivity contribution in [3.8, 4) is 0 Å². The average Bonchev–Trinajstić information content (AvgIpc) is 3.29. The van der Waals surface area contributed by atoms with Crippen molar-refractivity contribution >= 4 is 49.8 Å². The summed E-state index contributed by atoms with van der Waals surface area (Å²) in [6, 6.07) is 15.2. The number of hydrogen-bond acceptors (Lipinski definition) is 6. The number of Topliss-reactive ketones (excluding diaryl/α,β-unsaturated/α-hetero) is 1. The maximum absolute atomic E-state index is 12.8. The van der Waals surface area contributed by atoms with Gasteiger partial charge in [0.25, 0.3) is 5.78 Å². The van der Waals surface area contributed by atoms with Gasteiger partial charge in [0, 0.05) is 10.0 Å². The number of halogens is 1. The zero-order valence-electron chi connectivity index (χ0n) is 13.7. The van der Waals surface area contributed by atoms with Crippen molar-refractivity contribution in [2.24, 2.45) is 0 Å². The minimum absolute atomic E-state index is 0.0273. The number of rotatable bonds is 3. The average molecular weight is 442 g/mol. The fourth-order valence-electron chi connectivity index (χ4n) is 3.05. The maximum Gasteiger partial charge on any atom is 0.301 e. The zero-order chi connectivity index (χ0) is 19.0. The van der Waals surface area contributed by atoms with E-state index in [4.69, 9.17) is 0 Å². The predicted octanol–water partition coefficient (Wildman–Crippen LogP) is 3.93. The van der Waals surface area contributed by atoms with Crippen molar-refractivity contribution in [3.05, 3.63) is 81.3 Å². The summed E-state index contributed by atoms with van der Waals surface area (Å²) in [5.41, 5.74) is 2.66. The molecule has 1 fully saturated rings. The van der Waals surface area contributed by atoms with Crippen LogP contribution in [0.4, 0.5) is 5.13 Å². The summed E-state index contributed by atoms with van der Waals surface area (Å²) in [7, 11) is 0. The van der Waals surface area contributed by atoms with Crippen molar-refractivity contribution in [2.75, 3.05) is 4.90 Å². The third-order valence-corrected chi connectivity index (χ3v) is 5.39. The number of benzene rings is 2. The lowest BCUT2D eigenvalue weighted by Crippen LogP contribution is -2.29. The molecule has 134 valence electrons. The molecule has 0 bridgehead atoms. The highest BCUT2D eigenvalue weighted by atomic mass is 79.9. The molecule has 2 aromatic carbocycles. The standard InChI is InChI=1S/C19H12BrN3O3S/c20-13-8-4-7-12(9-13)15-14(16(24)11-5-2-1-3-6-11)17(25)18(26)23(15)19-22-21-10-27-19/h1-10,15,24H/t15-/m0/s1. The van der Waals surface area contributed by atoms with Crippen molar-refractivity contribution in [1.29, 1.82) is 0 Å². The first kappa shape index (κ1) is 17.6. The molecular formula is C19H12BrN3O3S. The van der Waals surface area contributed by atoms with Crippen LogP contribution in [0, 0.1) is 0 Å². The first-order valence-electron chi connectivity index (χ1n) is 7.96. The smallest absolute Gasteiger partial charge is 0.301 e. The Labute approximate surface area is 166 Å². The largest absolute Gasteiger partial charge is 0.507 e. The van der Waals surface area contributed by atoms with Gasteiger partial charge in [-0.05, 0) is 17.7 Å². The van der Waals surface area contributed by atoms with Crippen LogP contribution in [0.1, 0.15) is 17.2 Å². The minimum atomic E-state index is -0.796. The number of carbonyl (C=O) groups is 2. The van der Waals surface area contributed by atoms with Gasteiger partial charge >= 0.3 is 5.91 Å². The van der Waals surface area contributed by atoms with Crippen LogP contribution in [0.25, 0.3) is 5.76 Å². The summed E-state index contributed by atoms with van der Waals surface area (Å²) >= 11 is 4.57. The van der Waals surface area contributed by atoms with Gasteiger partial charge in [-0.15, -0.1) is 10.2 Å². The van der Waals surface area contributed by atoms with Crippen LogP contribution in [0.5, 0.6) is 0 Å². The van der Waals surface area contributed by atoms with Gasteiger partial charge in [-0.1, -0.05) is 69.7 Å². The second kappa shape index (κ2) is 7.05. The summed E-state index contributed by atoms with van der Waals surface area (Å²) in [5.74, 6) is -1.71. The maximum atomic E-state index is 12.8. The molecule has 0 unspecified atom stereocenters. The van der Waals surface area contributed by atoms with Crippen molar-refractivity contribution in [1.82, 2.24) is 10.2 Å². The Morgan fingerprint density at radius 2 is 1.89 bits per heavy atom. The van der Waals surface area contributed by atoms with E-state index in [0.717, 1.165) is 15.8 Å². The molecule has 2 heterocycles. The molecule has 1 atom stereocenters. The molecule has 4 rings (SSSR count). The number of nitrogens with zero attached hydrogens (tertiary/aromatic N) is 3. The highest BCUT2D eigenvalue weighted by Gasteiger charge is 2.48. The molecule has 27 heavy (non-hydrogen) atoms. The van der Waals surface area contributed by atoms with Crippen molar-refractivity contribution in [3.63, 3.8) is 0 Å². The summed E-state index contributed by atoms with van der Waals surface area (Å²) < 4.78 is 0.794. The van der Waals surface area contributed by atoms with Crippen LogP contribution in [0.3, 0.4) is 0 Å². The van der Waals surface area contributed by atoms with Gasteiger partial charge in [0.1, 0.15) is 11.3 Å². The lowest BCUT2D eigenvalue weighted by Gasteiger charge is -2.22. The molecule has 1 saturated heterocycles. The molecule has 0 aliphatic carbocycles. The molecule has 0 radical (unpaired) electrons. The van der Waals surface area contributed by atoms with E-state index in [0.29, 0.717) is 16.3 Å². The Morgan fingerprint density at radius 3 is 2.56 bits per heavy atom. The quantitative estimate of drug-likeness (QED) is 0.378. The van der Waals surface area contributed by atoms with Crippen LogP contribution in [-0.2, 0) is 9.59 Å². The Morgan fingerprint density at radius 1 is 1.11 bits per heavy atom. The SMILES string of the molecule is O=C1C(=O)N(c2nncs2)[C@@H](c2cccc(Br)c2)C1=C(O)c1ccccc1. The number of aliphatic hydroxyl groups excluding tert-OH is 1. The first-order chi connectivity index (χ1) is 13.1. The zero-order valence-corrected chi connectivity index (χ0v) is 16.1. The van der Waals surface area contributed by atoms with Gasteiger partial charge in [-0.3, -0.25) is 14.5 Å². The highest BCUT2D eigenvalue weighted by molar-refractivity contribution is 9.10. The topological polar surface area (TPSA) is 83.4 Å². The van der Waals surface area contributed by atoms with Crippen LogP contribution in [0.15, 0.2) is 70.2 Å². The van der Waals surface area contributed by atoms with Gasteiger partial charge < -0.3 is 5.11 Å². The number of hydrogen-bond donors (Lipinski definition) is 1. The van der Waals surface area contributed by atoms with Gasteiger partial charge in [0.15, 0.2) is 0 Å². The molecule has 1 aliphatic heterocycles. The fourth-order valence-corrected chi connectivity index (χ4v) is 4.05. The molecule has 1 aromatic heterocycles. The van der Waals surface area contributed by atoms with Gasteiger partial charge in [-0.2, -0.15) is 0 Å². The lowest BCUT2D eigenvalue weighted by atomic mass is 9.95. The number of aliphatic hydroxyl groups is 1. The number of carbonyl (C=O) groups excluding carboxylic acids is 2. The molecule has 0 saturated carbocycles. The Hall–Kier alpha value is -2.84. The van der Waals surface area contributed by atoms with E-state index in [1.807, 2.05) is 24.3 Å². The summed E-state index contributed by atoms with van der Waals surface area (Å²) in [6.07, 6.45) is 0. The summed E-state index contributed by atoms with van der Waals surface area (Å²) in [6.45, 7) is 0. The van der Waals surface area contributed by atoms with E-state index in [1.165, 1.54) is 10.4 Å². The van der Waals surface area contributed by atoms with Crippen molar-refractivity contribution < 1.29 is 14.7 Å². The molecule has 1 amide bonds. The van der Waals surface area contributed by atoms with Crippen LogP contribution >= 0.6 is 27.3 Å². The normalized spacial score (nSPS) is 18.9. The Bertz CT molecular complexity index is 1050. The first-order valence-corrected chi connectivity index (χ1v) is 9.63. The highest BCUT2D eigenvalue weighted by Crippen LogP contribution is 2.42. The molecule has 8 heteroatoms. The summed E-state index contributed by atoms with van der Waals surface area (Å²) in [4.78, 5) is 26.9. The molecule has 1 aliphatic rings.